The van der Waals surface area contributed by atoms with E-state index in [4.69, 9.17) is 23.8 Å². The van der Waals surface area contributed by atoms with Gasteiger partial charge in [0.15, 0.2) is 17.9 Å². The summed E-state index contributed by atoms with van der Waals surface area (Å²) in [6, 6.07) is 4.18. The Balaban J connectivity index is 2.01. The molecule has 1 fully saturated rings. The second-order valence-corrected chi connectivity index (χ2v) is 8.65. The Kier molecular flexibility index (Phi) is 8.48. The van der Waals surface area contributed by atoms with Crippen molar-refractivity contribution in [2.24, 2.45) is 5.16 Å². The van der Waals surface area contributed by atoms with Crippen LogP contribution in [0.3, 0.4) is 0 Å². The molecule has 2 aliphatic rings. The molecule has 0 spiro atoms. The molecule has 0 aromatic heterocycles. The number of carbonyl (C=O) groups excluding carboxylic acids is 5. The van der Waals surface area contributed by atoms with Crippen LogP contribution in [0.25, 0.3) is 0 Å². The van der Waals surface area contributed by atoms with Gasteiger partial charge in [-0.1, -0.05) is 16.8 Å². The number of nitrogens with one attached hydrogen (secondary N) is 1. The fourth-order valence-electron chi connectivity index (χ4n) is 4.09. The highest BCUT2D eigenvalue weighted by molar-refractivity contribution is 6.54. The lowest BCUT2D eigenvalue weighted by Gasteiger charge is -2.43. The summed E-state index contributed by atoms with van der Waals surface area (Å²) in [5, 5.41) is 6.61. The lowest BCUT2D eigenvalue weighted by Crippen LogP contribution is -2.66. The molecular formula is C24H29N3O10. The molecule has 200 valence electrons. The lowest BCUT2D eigenvalue weighted by atomic mass is 9.96. The Morgan fingerprint density at radius 3 is 2.27 bits per heavy atom. The van der Waals surface area contributed by atoms with Gasteiger partial charge in [-0.25, -0.2) is 0 Å². The normalized spacial score (nSPS) is 25.8. The van der Waals surface area contributed by atoms with Crippen molar-refractivity contribution in [1.29, 1.82) is 0 Å². The topological polar surface area (TPSA) is 159 Å². The standard InChI is InChI=1S/C24H29N3O10/c1-11-7-8-17-16(9-11)19(23(32)27(17)6)26-37-24-20(25-12(2)28)22(35-15(5)31)21(34-14(4)30)18(36-24)10-33-13(3)29/h7-9,18,20-22,24H,10H2,1-6H3,(H,25,28)/b26-19+. The van der Waals surface area contributed by atoms with Gasteiger partial charge in [-0.15, -0.1) is 0 Å². The predicted molar refractivity (Wildman–Crippen MR) is 126 cm³/mol. The average Bonchev–Trinajstić information content (AvgIpc) is 3.02. The van der Waals surface area contributed by atoms with Crippen molar-refractivity contribution < 1.29 is 47.8 Å². The van der Waals surface area contributed by atoms with E-state index in [0.717, 1.165) is 19.4 Å². The first-order valence-corrected chi connectivity index (χ1v) is 11.4. The summed E-state index contributed by atoms with van der Waals surface area (Å²) in [5.74, 6) is -3.08. The number of anilines is 1. The monoisotopic (exact) mass is 519 g/mol. The summed E-state index contributed by atoms with van der Waals surface area (Å²) in [6.07, 6.45) is -5.17. The third kappa shape index (κ3) is 6.42. The van der Waals surface area contributed by atoms with Crippen LogP contribution in [0.1, 0.15) is 38.8 Å². The summed E-state index contributed by atoms with van der Waals surface area (Å²) in [5.41, 5.74) is 2.04. The number of likely N-dealkylation sites (N-methyl/N-ethyl adjacent to an activating group) is 1. The quantitative estimate of drug-likeness (QED) is 0.302. The van der Waals surface area contributed by atoms with Gasteiger partial charge < -0.3 is 34.0 Å². The highest BCUT2D eigenvalue weighted by Crippen LogP contribution is 2.31. The predicted octanol–water partition coefficient (Wildman–Crippen LogP) is 0.348. The van der Waals surface area contributed by atoms with Gasteiger partial charge >= 0.3 is 17.9 Å². The van der Waals surface area contributed by atoms with Crippen LogP contribution in [0.4, 0.5) is 5.69 Å². The van der Waals surface area contributed by atoms with Gasteiger partial charge in [-0.2, -0.15) is 0 Å². The Morgan fingerprint density at radius 2 is 1.68 bits per heavy atom. The fourth-order valence-corrected chi connectivity index (χ4v) is 4.09. The average molecular weight is 520 g/mol. The summed E-state index contributed by atoms with van der Waals surface area (Å²) >= 11 is 0. The lowest BCUT2D eigenvalue weighted by molar-refractivity contribution is -0.278. The number of ether oxygens (including phenoxy) is 4. The zero-order valence-electron chi connectivity index (χ0n) is 21.3. The number of aryl methyl sites for hydroxylation is 1. The molecule has 1 aromatic rings. The van der Waals surface area contributed by atoms with Crippen molar-refractivity contribution in [2.75, 3.05) is 18.6 Å². The number of esters is 3. The summed E-state index contributed by atoms with van der Waals surface area (Å²) in [4.78, 5) is 67.2. The van der Waals surface area contributed by atoms with Crippen LogP contribution < -0.4 is 10.2 Å². The smallest absolute Gasteiger partial charge is 0.303 e. The van der Waals surface area contributed by atoms with Gasteiger partial charge in [0.1, 0.15) is 18.8 Å². The third-order valence-electron chi connectivity index (χ3n) is 5.59. The molecule has 0 radical (unpaired) electrons. The molecule has 1 aromatic carbocycles. The SMILES string of the molecule is CC(=O)NC1C(O/N=C2/C(=O)N(C)c3ccc(C)cc32)OC(COC(C)=O)C(OC(C)=O)C1OC(C)=O. The van der Waals surface area contributed by atoms with E-state index in [1.165, 1.54) is 18.7 Å². The Hall–Kier alpha value is -4.00. The molecule has 13 heteroatoms. The van der Waals surface area contributed by atoms with Crippen molar-refractivity contribution in [3.63, 3.8) is 0 Å². The molecule has 1 N–H and O–H groups in total. The van der Waals surface area contributed by atoms with Crippen molar-refractivity contribution in [3.05, 3.63) is 29.3 Å². The molecule has 2 aliphatic heterocycles. The summed E-state index contributed by atoms with van der Waals surface area (Å²) in [6.45, 7) is 6.13. The minimum absolute atomic E-state index is 0.00550. The first-order valence-electron chi connectivity index (χ1n) is 11.4. The Morgan fingerprint density at radius 1 is 1.03 bits per heavy atom. The number of rotatable bonds is 7. The van der Waals surface area contributed by atoms with E-state index in [1.54, 1.807) is 19.2 Å². The van der Waals surface area contributed by atoms with E-state index in [0.29, 0.717) is 11.3 Å². The number of hydrogen-bond acceptors (Lipinski definition) is 11. The first-order chi connectivity index (χ1) is 17.4. The van der Waals surface area contributed by atoms with Crippen LogP contribution in [-0.4, -0.2) is 79.7 Å². The largest absolute Gasteiger partial charge is 0.463 e. The molecule has 2 heterocycles. The molecule has 2 amide bonds. The summed E-state index contributed by atoms with van der Waals surface area (Å²) in [7, 11) is 1.59. The zero-order valence-corrected chi connectivity index (χ0v) is 21.3. The van der Waals surface area contributed by atoms with Crippen molar-refractivity contribution in [3.8, 4) is 0 Å². The molecule has 5 atom stereocenters. The molecule has 5 unspecified atom stereocenters. The molecule has 1 saturated heterocycles. The second-order valence-electron chi connectivity index (χ2n) is 8.65. The Bertz CT molecular complexity index is 1130. The van der Waals surface area contributed by atoms with Gasteiger partial charge in [0, 0.05) is 40.3 Å². The van der Waals surface area contributed by atoms with Crippen LogP contribution in [0, 0.1) is 6.92 Å². The first kappa shape index (κ1) is 27.6. The van der Waals surface area contributed by atoms with Gasteiger partial charge in [-0.3, -0.25) is 24.0 Å². The van der Waals surface area contributed by atoms with Crippen LogP contribution in [0.2, 0.25) is 0 Å². The van der Waals surface area contributed by atoms with Crippen LogP contribution in [-0.2, 0) is 47.8 Å². The fraction of sp³-hybridized carbons (Fsp3) is 0.500. The number of oxime groups is 1. The van der Waals surface area contributed by atoms with Gasteiger partial charge in [0.2, 0.25) is 5.91 Å². The molecule has 3 rings (SSSR count). The van der Waals surface area contributed by atoms with Crippen LogP contribution in [0.15, 0.2) is 23.4 Å². The van der Waals surface area contributed by atoms with E-state index in [1.807, 2.05) is 13.0 Å². The highest BCUT2D eigenvalue weighted by Gasteiger charge is 2.52. The number of hydrogen-bond donors (Lipinski definition) is 1. The number of benzene rings is 1. The third-order valence-corrected chi connectivity index (χ3v) is 5.59. The maximum Gasteiger partial charge on any atom is 0.303 e. The van der Waals surface area contributed by atoms with E-state index < -0.39 is 67.0 Å². The van der Waals surface area contributed by atoms with E-state index in [-0.39, 0.29) is 5.71 Å². The van der Waals surface area contributed by atoms with E-state index >= 15 is 0 Å². The van der Waals surface area contributed by atoms with Crippen molar-refractivity contribution >= 4 is 41.1 Å². The van der Waals surface area contributed by atoms with Crippen LogP contribution in [0.5, 0.6) is 0 Å². The van der Waals surface area contributed by atoms with Crippen molar-refractivity contribution in [2.45, 2.75) is 65.3 Å². The van der Waals surface area contributed by atoms with Crippen LogP contribution >= 0.6 is 0 Å². The molecule has 0 bridgehead atoms. The number of amides is 2. The second kappa shape index (κ2) is 11.4. The maximum absolute atomic E-state index is 12.9. The minimum Gasteiger partial charge on any atom is -0.463 e. The van der Waals surface area contributed by atoms with Gasteiger partial charge in [0.05, 0.1) is 5.69 Å². The molecular weight excluding hydrogens is 490 g/mol. The maximum atomic E-state index is 12.9. The molecule has 37 heavy (non-hydrogen) atoms. The van der Waals surface area contributed by atoms with E-state index in [9.17, 15) is 24.0 Å². The Labute approximate surface area is 213 Å². The van der Waals surface area contributed by atoms with E-state index in [2.05, 4.69) is 10.5 Å². The number of fused-ring (bicyclic) bond motifs is 1. The zero-order chi connectivity index (χ0) is 27.4. The van der Waals surface area contributed by atoms with Gasteiger partial charge in [-0.05, 0) is 19.1 Å². The summed E-state index contributed by atoms with van der Waals surface area (Å²) < 4.78 is 21.7. The molecule has 13 nitrogen and oxygen atoms in total. The number of nitrogens with zero attached hydrogens (tertiary/aromatic N) is 2. The van der Waals surface area contributed by atoms with Crippen molar-refractivity contribution in [1.82, 2.24) is 5.32 Å². The van der Waals surface area contributed by atoms with Gasteiger partial charge in [0.25, 0.3) is 12.2 Å². The highest BCUT2D eigenvalue weighted by atomic mass is 16.8. The molecule has 0 saturated carbocycles. The minimum atomic E-state index is -1.43. The molecule has 0 aliphatic carbocycles. The number of carbonyl (C=O) groups is 5.